The molecule has 0 N–H and O–H groups in total. The van der Waals surface area contributed by atoms with Crippen molar-refractivity contribution in [2.45, 2.75) is 13.8 Å². The molecule has 0 amide bonds. The van der Waals surface area contributed by atoms with Crippen molar-refractivity contribution >= 4 is 18.0 Å². The highest BCUT2D eigenvalue weighted by Gasteiger charge is 2.04. The quantitative estimate of drug-likeness (QED) is 0.513. The first-order valence-electron chi connectivity index (χ1n) is 4.79. The van der Waals surface area contributed by atoms with Gasteiger partial charge in [-0.2, -0.15) is 0 Å². The van der Waals surface area contributed by atoms with Gasteiger partial charge in [0.15, 0.2) is 0 Å². The molecule has 0 unspecified atom stereocenters. The van der Waals surface area contributed by atoms with Crippen LogP contribution in [0.4, 0.5) is 0 Å². The summed E-state index contributed by atoms with van der Waals surface area (Å²) in [5.41, 5.74) is -0.234. The van der Waals surface area contributed by atoms with Crippen molar-refractivity contribution in [2.24, 2.45) is 0 Å². The van der Waals surface area contributed by atoms with Gasteiger partial charge in [0, 0.05) is 5.57 Å². The molecule has 1 heterocycles. The van der Waals surface area contributed by atoms with Crippen molar-refractivity contribution in [1.29, 1.82) is 0 Å². The maximum atomic E-state index is 10.9. The Bertz CT molecular complexity index is 505. The van der Waals surface area contributed by atoms with E-state index >= 15 is 0 Å². The van der Waals surface area contributed by atoms with Crippen molar-refractivity contribution < 1.29 is 24.2 Å². The number of carbonyl (C=O) groups excluding carboxylic acids is 2. The van der Waals surface area contributed by atoms with E-state index in [0.29, 0.717) is 17.6 Å². The summed E-state index contributed by atoms with van der Waals surface area (Å²) in [6.07, 6.45) is 1.90. The molecule has 0 aliphatic rings. The average molecular weight is 234 g/mol. The third-order valence-electron chi connectivity index (χ3n) is 2.03. The van der Waals surface area contributed by atoms with Crippen LogP contribution in [0.3, 0.4) is 0 Å². The van der Waals surface area contributed by atoms with Gasteiger partial charge < -0.3 is 24.2 Å². The van der Waals surface area contributed by atoms with Gasteiger partial charge in [-0.1, -0.05) is 0 Å². The fourth-order valence-corrected chi connectivity index (χ4v) is 1.26. The van der Waals surface area contributed by atoms with Crippen LogP contribution >= 0.6 is 0 Å². The van der Waals surface area contributed by atoms with E-state index in [0.717, 1.165) is 0 Å². The Labute approximate surface area is 97.7 Å². The SMILES string of the molecule is CC(=C\C(=O)[O-])/C(=C\c1ccc(C)o1)C(=O)[O-]. The van der Waals surface area contributed by atoms with Gasteiger partial charge in [0.25, 0.3) is 0 Å². The van der Waals surface area contributed by atoms with Crippen molar-refractivity contribution in [2.75, 3.05) is 0 Å². The smallest absolute Gasteiger partial charge is 0.127 e. The van der Waals surface area contributed by atoms with Crippen LogP contribution in [-0.2, 0) is 9.59 Å². The van der Waals surface area contributed by atoms with E-state index in [2.05, 4.69) is 0 Å². The summed E-state index contributed by atoms with van der Waals surface area (Å²) in [6.45, 7) is 3.05. The summed E-state index contributed by atoms with van der Waals surface area (Å²) in [5, 5.41) is 21.2. The van der Waals surface area contributed by atoms with Crippen LogP contribution < -0.4 is 10.2 Å². The molecule has 0 aliphatic heterocycles. The topological polar surface area (TPSA) is 93.4 Å². The number of carboxylic acids is 2. The molecule has 1 aromatic heterocycles. The highest BCUT2D eigenvalue weighted by molar-refractivity contribution is 5.97. The fraction of sp³-hybridized carbons (Fsp3) is 0.167. The third kappa shape index (κ3) is 3.64. The maximum absolute atomic E-state index is 10.9. The van der Waals surface area contributed by atoms with Gasteiger partial charge in [-0.25, -0.2) is 0 Å². The predicted octanol–water partition coefficient (Wildman–Crippen LogP) is -0.582. The maximum Gasteiger partial charge on any atom is 0.127 e. The number of furan rings is 1. The van der Waals surface area contributed by atoms with E-state index < -0.39 is 11.9 Å². The Kier molecular flexibility index (Phi) is 3.87. The molecule has 0 aromatic carbocycles. The summed E-state index contributed by atoms with van der Waals surface area (Å²) in [6, 6.07) is 3.24. The summed E-state index contributed by atoms with van der Waals surface area (Å²) >= 11 is 0. The minimum absolute atomic E-state index is 0.0269. The molecule has 0 aliphatic carbocycles. The summed E-state index contributed by atoms with van der Waals surface area (Å²) in [4.78, 5) is 21.2. The lowest BCUT2D eigenvalue weighted by Gasteiger charge is -2.09. The summed E-state index contributed by atoms with van der Waals surface area (Å²) in [7, 11) is 0. The van der Waals surface area contributed by atoms with Crippen molar-refractivity contribution in [3.05, 3.63) is 40.9 Å². The van der Waals surface area contributed by atoms with E-state index in [1.165, 1.54) is 13.0 Å². The van der Waals surface area contributed by atoms with Gasteiger partial charge in [-0.3, -0.25) is 0 Å². The predicted molar refractivity (Wildman–Crippen MR) is 55.2 cm³/mol. The highest BCUT2D eigenvalue weighted by atomic mass is 16.4. The van der Waals surface area contributed by atoms with Gasteiger partial charge in [0.1, 0.15) is 11.5 Å². The molecule has 0 fully saturated rings. The lowest BCUT2D eigenvalue weighted by Crippen LogP contribution is -2.26. The number of aliphatic carboxylic acids is 2. The van der Waals surface area contributed by atoms with Crippen molar-refractivity contribution in [3.8, 4) is 0 Å². The van der Waals surface area contributed by atoms with E-state index in [4.69, 9.17) is 4.42 Å². The third-order valence-corrected chi connectivity index (χ3v) is 2.03. The van der Waals surface area contributed by atoms with Gasteiger partial charge in [0.2, 0.25) is 0 Å². The van der Waals surface area contributed by atoms with Gasteiger partial charge in [-0.05, 0) is 43.7 Å². The lowest BCUT2D eigenvalue weighted by molar-refractivity contribution is -0.298. The van der Waals surface area contributed by atoms with Crippen molar-refractivity contribution in [1.82, 2.24) is 0 Å². The second-order valence-electron chi connectivity index (χ2n) is 3.44. The number of carboxylic acid groups (broad SMARTS) is 2. The Morgan fingerprint density at radius 1 is 1.29 bits per heavy atom. The molecule has 0 bridgehead atoms. The number of hydrogen-bond donors (Lipinski definition) is 0. The minimum Gasteiger partial charge on any atom is -0.545 e. The molecule has 0 radical (unpaired) electrons. The van der Waals surface area contributed by atoms with Crippen molar-refractivity contribution in [3.63, 3.8) is 0 Å². The van der Waals surface area contributed by atoms with E-state index in [1.807, 2.05) is 0 Å². The first-order valence-corrected chi connectivity index (χ1v) is 4.79. The second kappa shape index (κ2) is 5.16. The molecular weight excluding hydrogens is 224 g/mol. The lowest BCUT2D eigenvalue weighted by atomic mass is 10.1. The minimum atomic E-state index is -1.48. The van der Waals surface area contributed by atoms with E-state index in [9.17, 15) is 19.8 Å². The van der Waals surface area contributed by atoms with Gasteiger partial charge >= 0.3 is 0 Å². The standard InChI is InChI=1S/C12H12O5/c1-7(5-11(13)14)10(12(15)16)6-9-4-3-8(2)17-9/h3-6H,1-2H3,(H,13,14)(H,15,16)/p-2/b7-5+,10-6+. The highest BCUT2D eigenvalue weighted by Crippen LogP contribution is 2.16. The summed E-state index contributed by atoms with van der Waals surface area (Å²) in [5.74, 6) is -2.01. The number of carbonyl (C=O) groups is 2. The Morgan fingerprint density at radius 3 is 2.35 bits per heavy atom. The molecular formula is C12H10O5-2. The number of rotatable bonds is 4. The molecule has 0 atom stereocenters. The molecule has 5 nitrogen and oxygen atoms in total. The van der Waals surface area contributed by atoms with Crippen LogP contribution in [0.1, 0.15) is 18.4 Å². The first-order chi connectivity index (χ1) is 7.90. The molecule has 1 rings (SSSR count). The molecule has 0 saturated carbocycles. The average Bonchev–Trinajstić information content (AvgIpc) is 2.58. The van der Waals surface area contributed by atoms with Crippen LogP contribution in [0, 0.1) is 6.92 Å². The molecule has 0 spiro atoms. The van der Waals surface area contributed by atoms with Gasteiger partial charge in [0.05, 0.1) is 11.9 Å². The Hall–Kier alpha value is -2.30. The second-order valence-corrected chi connectivity index (χ2v) is 3.44. The summed E-state index contributed by atoms with van der Waals surface area (Å²) < 4.78 is 5.16. The van der Waals surface area contributed by atoms with E-state index in [1.54, 1.807) is 19.1 Å². The van der Waals surface area contributed by atoms with Crippen LogP contribution in [0.25, 0.3) is 6.08 Å². The largest absolute Gasteiger partial charge is 0.545 e. The zero-order chi connectivity index (χ0) is 13.0. The van der Waals surface area contributed by atoms with Crippen LogP contribution in [-0.4, -0.2) is 11.9 Å². The molecule has 90 valence electrons. The monoisotopic (exact) mass is 234 g/mol. The molecule has 0 saturated heterocycles. The fourth-order valence-electron chi connectivity index (χ4n) is 1.26. The number of hydrogen-bond acceptors (Lipinski definition) is 5. The molecule has 1 aromatic rings. The molecule has 5 heteroatoms. The van der Waals surface area contributed by atoms with Crippen LogP contribution in [0.2, 0.25) is 0 Å². The zero-order valence-corrected chi connectivity index (χ0v) is 9.35. The Balaban J connectivity index is 3.14. The van der Waals surface area contributed by atoms with Crippen LogP contribution in [0.15, 0.2) is 33.8 Å². The first kappa shape index (κ1) is 12.8. The zero-order valence-electron chi connectivity index (χ0n) is 9.35. The molecule has 17 heavy (non-hydrogen) atoms. The number of aryl methyl sites for hydroxylation is 1. The van der Waals surface area contributed by atoms with Gasteiger partial charge in [-0.15, -0.1) is 0 Å². The van der Waals surface area contributed by atoms with E-state index in [-0.39, 0.29) is 11.1 Å². The Morgan fingerprint density at radius 2 is 1.94 bits per heavy atom. The van der Waals surface area contributed by atoms with Crippen LogP contribution in [0.5, 0.6) is 0 Å². The normalized spacial score (nSPS) is 12.6.